The van der Waals surface area contributed by atoms with E-state index in [1.54, 1.807) is 48.3 Å². The van der Waals surface area contributed by atoms with Gasteiger partial charge in [0.25, 0.3) is 5.91 Å². The monoisotopic (exact) mass is 340 g/mol. The first-order valence-corrected chi connectivity index (χ1v) is 7.69. The maximum absolute atomic E-state index is 13.0. The highest BCUT2D eigenvalue weighted by Crippen LogP contribution is 2.20. The Morgan fingerprint density at radius 2 is 2.00 bits per heavy atom. The number of halogens is 1. The van der Waals surface area contributed by atoms with Gasteiger partial charge in [0.2, 0.25) is 0 Å². The van der Waals surface area contributed by atoms with E-state index in [1.807, 2.05) is 0 Å². The van der Waals surface area contributed by atoms with Gasteiger partial charge in [-0.05, 0) is 42.8 Å². The fourth-order valence-corrected chi connectivity index (χ4v) is 2.34. The number of aromatic nitrogens is 3. The Kier molecular flexibility index (Phi) is 4.58. The maximum atomic E-state index is 13.0. The standard InChI is InChI=1S/C18H17FN4O2/c1-18(25,13-6-8-14(19)9-7-13)12-20-17(24)15-4-2-5-16(22-15)23-11-3-10-21-23/h2-11,25H,12H2,1H3,(H,20,24). The van der Waals surface area contributed by atoms with E-state index in [-0.39, 0.29) is 18.1 Å². The molecule has 2 aromatic heterocycles. The molecule has 0 saturated carbocycles. The van der Waals surface area contributed by atoms with Crippen LogP contribution in [-0.2, 0) is 5.60 Å². The zero-order valence-electron chi connectivity index (χ0n) is 13.6. The Morgan fingerprint density at radius 1 is 1.24 bits per heavy atom. The average molecular weight is 340 g/mol. The largest absolute Gasteiger partial charge is 0.384 e. The maximum Gasteiger partial charge on any atom is 0.270 e. The molecule has 1 aromatic carbocycles. The molecular formula is C18H17FN4O2. The molecule has 3 aromatic rings. The van der Waals surface area contributed by atoms with Crippen LogP contribution in [0.25, 0.3) is 5.82 Å². The number of amides is 1. The number of nitrogens with zero attached hydrogens (tertiary/aromatic N) is 3. The van der Waals surface area contributed by atoms with E-state index in [9.17, 15) is 14.3 Å². The summed E-state index contributed by atoms with van der Waals surface area (Å²) in [7, 11) is 0. The van der Waals surface area contributed by atoms with E-state index < -0.39 is 11.5 Å². The molecule has 1 unspecified atom stereocenters. The van der Waals surface area contributed by atoms with Crippen LogP contribution in [0.1, 0.15) is 23.0 Å². The molecule has 25 heavy (non-hydrogen) atoms. The van der Waals surface area contributed by atoms with Gasteiger partial charge in [-0.1, -0.05) is 18.2 Å². The third kappa shape index (κ3) is 3.89. The fourth-order valence-electron chi connectivity index (χ4n) is 2.34. The molecule has 0 bridgehead atoms. The number of hydrogen-bond donors (Lipinski definition) is 2. The second-order valence-corrected chi connectivity index (χ2v) is 5.80. The van der Waals surface area contributed by atoms with Gasteiger partial charge < -0.3 is 10.4 Å². The summed E-state index contributed by atoms with van der Waals surface area (Å²) in [4.78, 5) is 16.6. The lowest BCUT2D eigenvalue weighted by Gasteiger charge is -2.24. The molecule has 0 radical (unpaired) electrons. The van der Waals surface area contributed by atoms with E-state index >= 15 is 0 Å². The van der Waals surface area contributed by atoms with Gasteiger partial charge in [0.1, 0.15) is 17.1 Å². The number of pyridine rings is 1. The van der Waals surface area contributed by atoms with Crippen LogP contribution >= 0.6 is 0 Å². The molecule has 3 rings (SSSR count). The SMILES string of the molecule is CC(O)(CNC(=O)c1cccc(-n2cccn2)n1)c1ccc(F)cc1. The first-order chi connectivity index (χ1) is 12.0. The quantitative estimate of drug-likeness (QED) is 0.745. The number of benzene rings is 1. The lowest BCUT2D eigenvalue weighted by atomic mass is 9.96. The summed E-state index contributed by atoms with van der Waals surface area (Å²) in [6.45, 7) is 1.51. The molecule has 0 spiro atoms. The number of nitrogens with one attached hydrogen (secondary N) is 1. The Morgan fingerprint density at radius 3 is 2.68 bits per heavy atom. The lowest BCUT2D eigenvalue weighted by molar-refractivity contribution is 0.0524. The van der Waals surface area contributed by atoms with Crippen molar-refractivity contribution < 1.29 is 14.3 Å². The molecule has 0 aliphatic heterocycles. The van der Waals surface area contributed by atoms with E-state index in [2.05, 4.69) is 15.4 Å². The van der Waals surface area contributed by atoms with E-state index in [1.165, 1.54) is 24.3 Å². The highest BCUT2D eigenvalue weighted by atomic mass is 19.1. The first-order valence-electron chi connectivity index (χ1n) is 7.69. The summed E-state index contributed by atoms with van der Waals surface area (Å²) in [6.07, 6.45) is 3.34. The lowest BCUT2D eigenvalue weighted by Crippen LogP contribution is -2.39. The van der Waals surface area contributed by atoms with Crippen molar-refractivity contribution in [3.8, 4) is 5.82 Å². The summed E-state index contributed by atoms with van der Waals surface area (Å²) in [6, 6.07) is 12.3. The van der Waals surface area contributed by atoms with Crippen LogP contribution in [0.2, 0.25) is 0 Å². The van der Waals surface area contributed by atoms with Crippen LogP contribution in [-0.4, -0.2) is 32.3 Å². The molecule has 7 heteroatoms. The number of aliphatic hydroxyl groups is 1. The van der Waals surface area contributed by atoms with Crippen molar-refractivity contribution in [3.63, 3.8) is 0 Å². The van der Waals surface area contributed by atoms with Gasteiger partial charge in [0.05, 0.1) is 6.54 Å². The number of hydrogen-bond acceptors (Lipinski definition) is 4. The Labute approximate surface area is 144 Å². The zero-order valence-corrected chi connectivity index (χ0v) is 13.6. The molecular weight excluding hydrogens is 323 g/mol. The van der Waals surface area contributed by atoms with Gasteiger partial charge in [0, 0.05) is 12.4 Å². The number of rotatable bonds is 5. The van der Waals surface area contributed by atoms with E-state index in [4.69, 9.17) is 0 Å². The average Bonchev–Trinajstić information content (AvgIpc) is 3.15. The van der Waals surface area contributed by atoms with Crippen LogP contribution in [0, 0.1) is 5.82 Å². The van der Waals surface area contributed by atoms with Crippen LogP contribution in [0.15, 0.2) is 60.9 Å². The first kappa shape index (κ1) is 16.8. The highest BCUT2D eigenvalue weighted by molar-refractivity contribution is 5.92. The molecule has 0 aliphatic carbocycles. The van der Waals surface area contributed by atoms with Crippen molar-refractivity contribution in [2.75, 3.05) is 6.54 Å². The van der Waals surface area contributed by atoms with Crippen molar-refractivity contribution in [1.29, 1.82) is 0 Å². The van der Waals surface area contributed by atoms with Gasteiger partial charge in [-0.15, -0.1) is 0 Å². The van der Waals surface area contributed by atoms with Gasteiger partial charge in [-0.2, -0.15) is 5.10 Å². The van der Waals surface area contributed by atoms with E-state index in [0.29, 0.717) is 11.4 Å². The molecule has 1 amide bonds. The summed E-state index contributed by atoms with van der Waals surface area (Å²) in [5.41, 5.74) is -0.612. The van der Waals surface area contributed by atoms with Gasteiger partial charge in [-0.3, -0.25) is 4.79 Å². The van der Waals surface area contributed by atoms with Crippen LogP contribution in [0.5, 0.6) is 0 Å². The topological polar surface area (TPSA) is 80.0 Å². The van der Waals surface area contributed by atoms with Crippen LogP contribution < -0.4 is 5.32 Å². The molecule has 128 valence electrons. The smallest absolute Gasteiger partial charge is 0.270 e. The van der Waals surface area contributed by atoms with Gasteiger partial charge in [-0.25, -0.2) is 14.1 Å². The van der Waals surface area contributed by atoms with Crippen molar-refractivity contribution >= 4 is 5.91 Å². The minimum Gasteiger partial charge on any atom is -0.384 e. The molecule has 0 fully saturated rings. The number of carbonyl (C=O) groups excluding carboxylic acids is 1. The second kappa shape index (κ2) is 6.82. The Balaban J connectivity index is 1.70. The zero-order chi connectivity index (χ0) is 17.9. The third-order valence-electron chi connectivity index (χ3n) is 3.77. The Hall–Kier alpha value is -3.06. The third-order valence-corrected chi connectivity index (χ3v) is 3.77. The predicted molar refractivity (Wildman–Crippen MR) is 89.7 cm³/mol. The molecule has 2 N–H and O–H groups in total. The van der Waals surface area contributed by atoms with Crippen molar-refractivity contribution in [3.05, 3.63) is 78.0 Å². The summed E-state index contributed by atoms with van der Waals surface area (Å²) >= 11 is 0. The minimum absolute atomic E-state index is 0.0366. The van der Waals surface area contributed by atoms with E-state index in [0.717, 1.165) is 0 Å². The van der Waals surface area contributed by atoms with Crippen molar-refractivity contribution in [1.82, 2.24) is 20.1 Å². The minimum atomic E-state index is -1.33. The van der Waals surface area contributed by atoms with Gasteiger partial charge >= 0.3 is 0 Å². The molecule has 0 aliphatic rings. The summed E-state index contributed by atoms with van der Waals surface area (Å²) in [5, 5.41) is 17.2. The van der Waals surface area contributed by atoms with Crippen molar-refractivity contribution in [2.24, 2.45) is 0 Å². The summed E-state index contributed by atoms with van der Waals surface area (Å²) in [5.74, 6) is -0.289. The van der Waals surface area contributed by atoms with Crippen LogP contribution in [0.3, 0.4) is 0 Å². The predicted octanol–water partition coefficient (Wildman–Crippen LogP) is 2.04. The van der Waals surface area contributed by atoms with Crippen LogP contribution in [0.4, 0.5) is 4.39 Å². The molecule has 6 nitrogen and oxygen atoms in total. The fraction of sp³-hybridized carbons (Fsp3) is 0.167. The number of carbonyl (C=O) groups is 1. The van der Waals surface area contributed by atoms with Crippen molar-refractivity contribution in [2.45, 2.75) is 12.5 Å². The molecule has 1 atom stereocenters. The Bertz CT molecular complexity index is 861. The highest BCUT2D eigenvalue weighted by Gasteiger charge is 2.24. The van der Waals surface area contributed by atoms with Gasteiger partial charge in [0.15, 0.2) is 5.82 Å². The second-order valence-electron chi connectivity index (χ2n) is 5.80. The molecule has 0 saturated heterocycles. The molecule has 2 heterocycles. The summed E-state index contributed by atoms with van der Waals surface area (Å²) < 4.78 is 14.5. The normalized spacial score (nSPS) is 13.2.